The third kappa shape index (κ3) is 3.80. The van der Waals surface area contributed by atoms with Gasteiger partial charge in [-0.05, 0) is 41.1 Å². The molecule has 0 aliphatic rings. The van der Waals surface area contributed by atoms with Gasteiger partial charge in [0.05, 0.1) is 12.0 Å². The molecule has 1 rings (SSSR count). The molecular weight excluding hydrogens is 305 g/mol. The fourth-order valence-electron chi connectivity index (χ4n) is 1.47. The van der Waals surface area contributed by atoms with Crippen LogP contribution in [0.1, 0.15) is 23.7 Å². The van der Waals surface area contributed by atoms with Gasteiger partial charge < -0.3 is 10.0 Å². The van der Waals surface area contributed by atoms with E-state index in [4.69, 9.17) is 5.11 Å². The van der Waals surface area contributed by atoms with Crippen LogP contribution in [0, 0.1) is 5.82 Å². The number of amides is 1. The number of benzene rings is 1. The first-order valence-corrected chi connectivity index (χ1v) is 6.21. The highest BCUT2D eigenvalue weighted by molar-refractivity contribution is 9.10. The van der Waals surface area contributed by atoms with Crippen molar-refractivity contribution in [3.63, 3.8) is 0 Å². The van der Waals surface area contributed by atoms with Gasteiger partial charge in [0.15, 0.2) is 0 Å². The smallest absolute Gasteiger partial charge is 0.305 e. The molecule has 4 nitrogen and oxygen atoms in total. The number of halogens is 2. The minimum Gasteiger partial charge on any atom is -0.481 e. The predicted molar refractivity (Wildman–Crippen MR) is 67.9 cm³/mol. The van der Waals surface area contributed by atoms with Gasteiger partial charge in [0, 0.05) is 17.6 Å². The van der Waals surface area contributed by atoms with E-state index in [0.29, 0.717) is 11.0 Å². The van der Waals surface area contributed by atoms with Crippen molar-refractivity contribution in [2.75, 3.05) is 13.1 Å². The summed E-state index contributed by atoms with van der Waals surface area (Å²) in [6.07, 6.45) is -0.132. The zero-order valence-electron chi connectivity index (χ0n) is 9.82. The lowest BCUT2D eigenvalue weighted by Crippen LogP contribution is -2.33. The molecule has 0 atom stereocenters. The first kappa shape index (κ1) is 14.6. The topological polar surface area (TPSA) is 57.6 Å². The van der Waals surface area contributed by atoms with Crippen LogP contribution in [0.5, 0.6) is 0 Å². The van der Waals surface area contributed by atoms with Crippen molar-refractivity contribution in [2.24, 2.45) is 0 Å². The van der Waals surface area contributed by atoms with Crippen LogP contribution in [0.25, 0.3) is 0 Å². The standard InChI is InChI=1S/C12H13BrFNO3/c1-2-15(6-5-11(16)17)12(18)9-7-8(14)3-4-10(9)13/h3-4,7H,2,5-6H2,1H3,(H,16,17). The van der Waals surface area contributed by atoms with Crippen LogP contribution in [0.3, 0.4) is 0 Å². The Bertz CT molecular complexity index is 465. The molecule has 1 aromatic carbocycles. The van der Waals surface area contributed by atoms with Crippen LogP contribution in [-0.4, -0.2) is 35.0 Å². The van der Waals surface area contributed by atoms with Crippen LogP contribution in [-0.2, 0) is 4.79 Å². The minimum absolute atomic E-state index is 0.105. The Morgan fingerprint density at radius 1 is 1.44 bits per heavy atom. The van der Waals surface area contributed by atoms with Gasteiger partial charge >= 0.3 is 5.97 Å². The molecule has 0 fully saturated rings. The third-order valence-corrected chi connectivity index (χ3v) is 3.11. The van der Waals surface area contributed by atoms with Crippen LogP contribution in [0.15, 0.2) is 22.7 Å². The Morgan fingerprint density at radius 2 is 2.11 bits per heavy atom. The number of hydrogen-bond acceptors (Lipinski definition) is 2. The van der Waals surface area contributed by atoms with Crippen molar-refractivity contribution < 1.29 is 19.1 Å². The van der Waals surface area contributed by atoms with Gasteiger partial charge in [-0.15, -0.1) is 0 Å². The van der Waals surface area contributed by atoms with Crippen LogP contribution in [0.4, 0.5) is 4.39 Å². The van der Waals surface area contributed by atoms with E-state index in [0.717, 1.165) is 6.07 Å². The number of rotatable bonds is 5. The van der Waals surface area contributed by atoms with Crippen LogP contribution >= 0.6 is 15.9 Å². The molecule has 1 N–H and O–H groups in total. The molecule has 0 saturated heterocycles. The quantitative estimate of drug-likeness (QED) is 0.907. The summed E-state index contributed by atoms with van der Waals surface area (Å²) in [6, 6.07) is 3.83. The van der Waals surface area contributed by atoms with E-state index in [-0.39, 0.29) is 24.4 Å². The van der Waals surface area contributed by atoms with E-state index in [1.54, 1.807) is 6.92 Å². The second kappa shape index (κ2) is 6.49. The average Bonchev–Trinajstić information content (AvgIpc) is 2.32. The van der Waals surface area contributed by atoms with E-state index >= 15 is 0 Å². The summed E-state index contributed by atoms with van der Waals surface area (Å²) in [5.74, 6) is -1.86. The molecule has 0 bridgehead atoms. The highest BCUT2D eigenvalue weighted by Gasteiger charge is 2.18. The maximum absolute atomic E-state index is 13.1. The highest BCUT2D eigenvalue weighted by atomic mass is 79.9. The van der Waals surface area contributed by atoms with Gasteiger partial charge in [-0.1, -0.05) is 0 Å². The Labute approximate surface area is 113 Å². The first-order valence-electron chi connectivity index (χ1n) is 5.41. The molecule has 6 heteroatoms. The number of aliphatic carboxylic acids is 1. The van der Waals surface area contributed by atoms with Gasteiger partial charge in [0.25, 0.3) is 5.91 Å². The van der Waals surface area contributed by atoms with E-state index in [2.05, 4.69) is 15.9 Å². The van der Waals surface area contributed by atoms with Gasteiger partial charge in [0.2, 0.25) is 0 Å². The van der Waals surface area contributed by atoms with Crippen molar-refractivity contribution in [2.45, 2.75) is 13.3 Å². The second-order valence-corrected chi connectivity index (χ2v) is 4.51. The summed E-state index contributed by atoms with van der Waals surface area (Å²) < 4.78 is 13.6. The molecule has 1 amide bonds. The number of carboxylic acids is 1. The van der Waals surface area contributed by atoms with Crippen molar-refractivity contribution in [3.8, 4) is 0 Å². The van der Waals surface area contributed by atoms with Crippen LogP contribution in [0.2, 0.25) is 0 Å². The lowest BCUT2D eigenvalue weighted by molar-refractivity contribution is -0.137. The molecule has 0 aliphatic heterocycles. The Kier molecular flexibility index (Phi) is 5.27. The number of carbonyl (C=O) groups excluding carboxylic acids is 1. The zero-order chi connectivity index (χ0) is 13.7. The number of carbonyl (C=O) groups is 2. The minimum atomic E-state index is -0.973. The van der Waals surface area contributed by atoms with Gasteiger partial charge in [-0.3, -0.25) is 9.59 Å². The largest absolute Gasteiger partial charge is 0.481 e. The molecule has 0 aliphatic carbocycles. The lowest BCUT2D eigenvalue weighted by atomic mass is 10.2. The summed E-state index contributed by atoms with van der Waals surface area (Å²) in [4.78, 5) is 24.0. The molecule has 1 aromatic rings. The second-order valence-electron chi connectivity index (χ2n) is 3.65. The van der Waals surface area contributed by atoms with Crippen molar-refractivity contribution >= 4 is 27.8 Å². The molecule has 0 radical (unpaired) electrons. The first-order chi connectivity index (χ1) is 8.45. The molecule has 0 spiro atoms. The van der Waals surface area contributed by atoms with E-state index in [1.165, 1.54) is 17.0 Å². The SMILES string of the molecule is CCN(CCC(=O)O)C(=O)c1cc(F)ccc1Br. The average molecular weight is 318 g/mol. The maximum Gasteiger partial charge on any atom is 0.305 e. The van der Waals surface area contributed by atoms with Gasteiger partial charge in [0.1, 0.15) is 5.82 Å². The maximum atomic E-state index is 13.1. The zero-order valence-corrected chi connectivity index (χ0v) is 11.4. The number of hydrogen-bond donors (Lipinski definition) is 1. The monoisotopic (exact) mass is 317 g/mol. The van der Waals surface area contributed by atoms with Crippen molar-refractivity contribution in [1.29, 1.82) is 0 Å². The number of nitrogens with zero attached hydrogens (tertiary/aromatic N) is 1. The molecule has 0 saturated carbocycles. The molecular formula is C12H13BrFNO3. The summed E-state index contributed by atoms with van der Waals surface area (Å²) in [5.41, 5.74) is 0.197. The molecule has 18 heavy (non-hydrogen) atoms. The van der Waals surface area contributed by atoms with E-state index in [1.807, 2.05) is 0 Å². The summed E-state index contributed by atoms with van der Waals surface area (Å²) in [7, 11) is 0. The Balaban J connectivity index is 2.89. The normalized spacial score (nSPS) is 10.2. The predicted octanol–water partition coefficient (Wildman–Crippen LogP) is 2.53. The fourth-order valence-corrected chi connectivity index (χ4v) is 1.88. The number of carboxylic acid groups (broad SMARTS) is 1. The van der Waals surface area contributed by atoms with Gasteiger partial charge in [-0.25, -0.2) is 4.39 Å². The summed E-state index contributed by atoms with van der Waals surface area (Å²) in [6.45, 7) is 2.22. The van der Waals surface area contributed by atoms with Crippen molar-refractivity contribution in [1.82, 2.24) is 4.90 Å². The lowest BCUT2D eigenvalue weighted by Gasteiger charge is -2.20. The summed E-state index contributed by atoms with van der Waals surface area (Å²) in [5, 5.41) is 8.60. The van der Waals surface area contributed by atoms with E-state index < -0.39 is 11.8 Å². The van der Waals surface area contributed by atoms with Crippen molar-refractivity contribution in [3.05, 3.63) is 34.1 Å². The molecule has 98 valence electrons. The Morgan fingerprint density at radius 3 is 2.67 bits per heavy atom. The highest BCUT2D eigenvalue weighted by Crippen LogP contribution is 2.19. The van der Waals surface area contributed by atoms with Gasteiger partial charge in [-0.2, -0.15) is 0 Å². The van der Waals surface area contributed by atoms with Crippen LogP contribution < -0.4 is 0 Å². The third-order valence-electron chi connectivity index (χ3n) is 2.42. The van der Waals surface area contributed by atoms with E-state index in [9.17, 15) is 14.0 Å². The fraction of sp³-hybridized carbons (Fsp3) is 0.333. The molecule has 0 unspecified atom stereocenters. The Hall–Kier alpha value is -1.43. The summed E-state index contributed by atoms with van der Waals surface area (Å²) >= 11 is 3.18. The molecule has 0 heterocycles. The molecule has 0 aromatic heterocycles.